The van der Waals surface area contributed by atoms with Crippen molar-refractivity contribution in [2.24, 2.45) is 5.92 Å². The zero-order valence-corrected chi connectivity index (χ0v) is 11.8. The monoisotopic (exact) mass is 292 g/mol. The minimum Gasteiger partial charge on any atom is -0.497 e. The minimum absolute atomic E-state index is 0.00676. The van der Waals surface area contributed by atoms with Crippen LogP contribution in [0, 0.1) is 11.7 Å². The molecule has 0 aromatic heterocycles. The van der Waals surface area contributed by atoms with Gasteiger partial charge < -0.3 is 15.0 Å². The number of rotatable bonds is 2. The molecule has 0 spiro atoms. The molecule has 0 aliphatic carbocycles. The van der Waals surface area contributed by atoms with Crippen molar-refractivity contribution < 1.29 is 18.7 Å². The number of halogens is 1. The van der Waals surface area contributed by atoms with Crippen molar-refractivity contribution in [1.82, 2.24) is 10.2 Å². The van der Waals surface area contributed by atoms with Gasteiger partial charge in [0.1, 0.15) is 11.6 Å². The SMILES string of the molecule is COc1ccc(C(=O)N2CCCC3C(=O)NCC32)c(F)c1. The van der Waals surface area contributed by atoms with E-state index in [1.165, 1.54) is 19.2 Å². The summed E-state index contributed by atoms with van der Waals surface area (Å²) in [7, 11) is 1.45. The van der Waals surface area contributed by atoms with Crippen molar-refractivity contribution in [3.8, 4) is 5.75 Å². The van der Waals surface area contributed by atoms with E-state index < -0.39 is 5.82 Å². The Kier molecular flexibility index (Phi) is 3.53. The Balaban J connectivity index is 1.86. The number of hydrogen-bond donors (Lipinski definition) is 1. The number of carbonyl (C=O) groups excluding carboxylic acids is 2. The summed E-state index contributed by atoms with van der Waals surface area (Å²) < 4.78 is 19.0. The molecule has 2 unspecified atom stereocenters. The Bertz CT molecular complexity index is 590. The fraction of sp³-hybridized carbons (Fsp3) is 0.467. The second kappa shape index (κ2) is 5.35. The summed E-state index contributed by atoms with van der Waals surface area (Å²) in [5.74, 6) is -0.755. The predicted molar refractivity (Wildman–Crippen MR) is 73.5 cm³/mol. The number of ether oxygens (including phenoxy) is 1. The third-order valence-electron chi connectivity index (χ3n) is 4.27. The Morgan fingerprint density at radius 1 is 1.48 bits per heavy atom. The molecule has 112 valence electrons. The summed E-state index contributed by atoms with van der Waals surface area (Å²) in [4.78, 5) is 25.9. The first kappa shape index (κ1) is 13.9. The summed E-state index contributed by atoms with van der Waals surface area (Å²) in [6.07, 6.45) is 1.55. The van der Waals surface area contributed by atoms with Crippen LogP contribution in [0.2, 0.25) is 0 Å². The van der Waals surface area contributed by atoms with Crippen LogP contribution in [0.5, 0.6) is 5.75 Å². The predicted octanol–water partition coefficient (Wildman–Crippen LogP) is 1.18. The summed E-state index contributed by atoms with van der Waals surface area (Å²) in [5, 5.41) is 2.78. The van der Waals surface area contributed by atoms with Crippen LogP contribution in [0.4, 0.5) is 4.39 Å². The van der Waals surface area contributed by atoms with Gasteiger partial charge in [0.05, 0.1) is 24.6 Å². The van der Waals surface area contributed by atoms with Gasteiger partial charge in [-0.3, -0.25) is 9.59 Å². The summed E-state index contributed by atoms with van der Waals surface area (Å²) in [6, 6.07) is 4.03. The molecular formula is C15H17FN2O3. The highest BCUT2D eigenvalue weighted by atomic mass is 19.1. The molecule has 1 aromatic carbocycles. The molecule has 0 bridgehead atoms. The molecule has 2 saturated heterocycles. The lowest BCUT2D eigenvalue weighted by molar-refractivity contribution is -0.123. The summed E-state index contributed by atoms with van der Waals surface area (Å²) >= 11 is 0. The fourth-order valence-corrected chi connectivity index (χ4v) is 3.15. The molecule has 2 aliphatic heterocycles. The van der Waals surface area contributed by atoms with Crippen molar-refractivity contribution in [1.29, 1.82) is 0 Å². The fourth-order valence-electron chi connectivity index (χ4n) is 3.15. The standard InChI is InChI=1S/C15H17FN2O3/c1-21-9-4-5-10(12(16)7-9)15(20)18-6-2-3-11-13(18)8-17-14(11)19/h4-5,7,11,13H,2-3,6,8H2,1H3,(H,17,19). The van der Waals surface area contributed by atoms with Crippen LogP contribution in [-0.2, 0) is 4.79 Å². The number of hydrogen-bond acceptors (Lipinski definition) is 3. The maximum Gasteiger partial charge on any atom is 0.257 e. The van der Waals surface area contributed by atoms with Crippen LogP contribution in [0.3, 0.4) is 0 Å². The molecule has 0 radical (unpaired) electrons. The number of fused-ring (bicyclic) bond motifs is 1. The Hall–Kier alpha value is -2.11. The molecule has 1 N–H and O–H groups in total. The van der Waals surface area contributed by atoms with E-state index in [1.54, 1.807) is 11.0 Å². The van der Waals surface area contributed by atoms with E-state index in [0.29, 0.717) is 18.8 Å². The van der Waals surface area contributed by atoms with E-state index >= 15 is 0 Å². The van der Waals surface area contributed by atoms with Crippen LogP contribution in [0.1, 0.15) is 23.2 Å². The molecule has 0 saturated carbocycles. The highest BCUT2D eigenvalue weighted by Crippen LogP contribution is 2.29. The molecule has 2 amide bonds. The highest BCUT2D eigenvalue weighted by molar-refractivity contribution is 5.96. The molecule has 2 fully saturated rings. The molecule has 2 atom stereocenters. The second-order valence-corrected chi connectivity index (χ2v) is 5.41. The number of piperidine rings is 1. The number of amides is 2. The Morgan fingerprint density at radius 2 is 2.29 bits per heavy atom. The topological polar surface area (TPSA) is 58.6 Å². The number of nitrogens with zero attached hydrogens (tertiary/aromatic N) is 1. The maximum absolute atomic E-state index is 14.1. The van der Waals surface area contributed by atoms with Gasteiger partial charge in [0, 0.05) is 19.2 Å². The zero-order valence-electron chi connectivity index (χ0n) is 11.8. The first-order valence-electron chi connectivity index (χ1n) is 7.04. The van der Waals surface area contributed by atoms with E-state index in [0.717, 1.165) is 12.8 Å². The summed E-state index contributed by atoms with van der Waals surface area (Å²) in [6.45, 7) is 1.01. The molecule has 2 heterocycles. The van der Waals surface area contributed by atoms with Crippen LogP contribution >= 0.6 is 0 Å². The van der Waals surface area contributed by atoms with Gasteiger partial charge in [-0.2, -0.15) is 0 Å². The van der Waals surface area contributed by atoms with E-state index in [1.807, 2.05) is 0 Å². The number of methoxy groups -OCH3 is 1. The third kappa shape index (κ3) is 2.34. The smallest absolute Gasteiger partial charge is 0.257 e. The van der Waals surface area contributed by atoms with Crippen LogP contribution < -0.4 is 10.1 Å². The normalized spacial score (nSPS) is 24.5. The molecule has 21 heavy (non-hydrogen) atoms. The number of benzene rings is 1. The first-order chi connectivity index (χ1) is 10.1. The van der Waals surface area contributed by atoms with Crippen LogP contribution in [0.25, 0.3) is 0 Å². The quantitative estimate of drug-likeness (QED) is 0.890. The molecule has 2 aliphatic rings. The van der Waals surface area contributed by atoms with E-state index in [2.05, 4.69) is 5.32 Å². The molecule has 3 rings (SSSR count). The van der Waals surface area contributed by atoms with Gasteiger partial charge >= 0.3 is 0 Å². The lowest BCUT2D eigenvalue weighted by atomic mass is 9.91. The molecular weight excluding hydrogens is 275 g/mol. The lowest BCUT2D eigenvalue weighted by Crippen LogP contribution is -2.48. The van der Waals surface area contributed by atoms with Crippen molar-refractivity contribution >= 4 is 11.8 Å². The molecule has 6 heteroatoms. The van der Waals surface area contributed by atoms with Crippen LogP contribution in [0.15, 0.2) is 18.2 Å². The van der Waals surface area contributed by atoms with Gasteiger partial charge in [-0.15, -0.1) is 0 Å². The van der Waals surface area contributed by atoms with Gasteiger partial charge in [-0.1, -0.05) is 0 Å². The van der Waals surface area contributed by atoms with Crippen molar-refractivity contribution in [3.63, 3.8) is 0 Å². The number of nitrogens with one attached hydrogen (secondary N) is 1. The Morgan fingerprint density at radius 3 is 3.00 bits per heavy atom. The maximum atomic E-state index is 14.1. The van der Waals surface area contributed by atoms with Crippen LogP contribution in [-0.4, -0.2) is 43.0 Å². The average molecular weight is 292 g/mol. The summed E-state index contributed by atoms with van der Waals surface area (Å²) in [5.41, 5.74) is 0.0239. The van der Waals surface area contributed by atoms with E-state index in [-0.39, 0.29) is 29.3 Å². The first-order valence-corrected chi connectivity index (χ1v) is 7.04. The number of likely N-dealkylation sites (tertiary alicyclic amines) is 1. The number of carbonyl (C=O) groups is 2. The highest BCUT2D eigenvalue weighted by Gasteiger charge is 2.43. The molecule has 5 nitrogen and oxygen atoms in total. The van der Waals surface area contributed by atoms with Gasteiger partial charge in [-0.05, 0) is 25.0 Å². The van der Waals surface area contributed by atoms with Gasteiger partial charge in [0.15, 0.2) is 0 Å². The second-order valence-electron chi connectivity index (χ2n) is 5.41. The van der Waals surface area contributed by atoms with Crippen molar-refractivity contribution in [2.75, 3.05) is 20.2 Å². The van der Waals surface area contributed by atoms with Crippen molar-refractivity contribution in [3.05, 3.63) is 29.6 Å². The van der Waals surface area contributed by atoms with Gasteiger partial charge in [0.2, 0.25) is 5.91 Å². The average Bonchev–Trinajstić information content (AvgIpc) is 2.88. The third-order valence-corrected chi connectivity index (χ3v) is 4.27. The zero-order chi connectivity index (χ0) is 15.0. The largest absolute Gasteiger partial charge is 0.497 e. The lowest BCUT2D eigenvalue weighted by Gasteiger charge is -2.36. The minimum atomic E-state index is -0.598. The Labute approximate surface area is 122 Å². The molecule has 1 aromatic rings. The van der Waals surface area contributed by atoms with Gasteiger partial charge in [0.25, 0.3) is 5.91 Å². The van der Waals surface area contributed by atoms with Crippen molar-refractivity contribution in [2.45, 2.75) is 18.9 Å². The van der Waals surface area contributed by atoms with E-state index in [9.17, 15) is 14.0 Å². The van der Waals surface area contributed by atoms with E-state index in [4.69, 9.17) is 4.74 Å². The van der Waals surface area contributed by atoms with Gasteiger partial charge in [-0.25, -0.2) is 4.39 Å².